The molecule has 0 spiro atoms. The Morgan fingerprint density at radius 2 is 1.95 bits per heavy atom. The van der Waals surface area contributed by atoms with Crippen LogP contribution >= 0.6 is 15.9 Å². The Kier molecular flexibility index (Phi) is 3.85. The smallest absolute Gasteiger partial charge is 0.323 e. The molecular formula is C12H10BrF4NO. The van der Waals surface area contributed by atoms with Crippen LogP contribution in [0.3, 0.4) is 0 Å². The van der Waals surface area contributed by atoms with Crippen LogP contribution in [0.25, 0.3) is 0 Å². The molecule has 1 aromatic rings. The van der Waals surface area contributed by atoms with Crippen LogP contribution in [-0.2, 0) is 11.2 Å². The van der Waals surface area contributed by atoms with Crippen molar-refractivity contribution in [3.8, 4) is 0 Å². The molecule has 2 nitrogen and oxygen atoms in total. The second-order valence-electron chi connectivity index (χ2n) is 4.30. The Morgan fingerprint density at radius 3 is 2.58 bits per heavy atom. The fourth-order valence-corrected chi connectivity index (χ4v) is 2.38. The maximum Gasteiger partial charge on any atom is 0.323 e. The number of hydrogen-bond acceptors (Lipinski definition) is 1. The third-order valence-corrected chi connectivity index (χ3v) is 4.09. The van der Waals surface area contributed by atoms with Crippen LogP contribution in [0.2, 0.25) is 0 Å². The van der Waals surface area contributed by atoms with Crippen molar-refractivity contribution in [2.24, 2.45) is 0 Å². The van der Waals surface area contributed by atoms with Gasteiger partial charge in [0.2, 0.25) is 5.91 Å². The van der Waals surface area contributed by atoms with Crippen LogP contribution in [0.15, 0.2) is 18.2 Å². The molecule has 2 rings (SSSR count). The quantitative estimate of drug-likeness (QED) is 0.656. The summed E-state index contributed by atoms with van der Waals surface area (Å²) >= 11 is 2.63. The predicted molar refractivity (Wildman–Crippen MR) is 66.0 cm³/mol. The highest BCUT2D eigenvalue weighted by atomic mass is 79.9. The number of hydrogen-bond donors (Lipinski definition) is 1. The van der Waals surface area contributed by atoms with Gasteiger partial charge in [0.25, 0.3) is 0 Å². The maximum atomic E-state index is 13.3. The van der Waals surface area contributed by atoms with Crippen LogP contribution < -0.4 is 5.32 Å². The molecule has 1 heterocycles. The number of amides is 1. The van der Waals surface area contributed by atoms with Crippen molar-refractivity contribution in [3.63, 3.8) is 0 Å². The Balaban J connectivity index is 2.30. The average Bonchev–Trinajstić information content (AvgIpc) is 2.37. The lowest BCUT2D eigenvalue weighted by molar-refractivity contribution is -0.127. The van der Waals surface area contributed by atoms with Crippen LogP contribution in [0.4, 0.5) is 23.2 Å². The second-order valence-corrected chi connectivity index (χ2v) is 5.22. The van der Waals surface area contributed by atoms with E-state index in [2.05, 4.69) is 21.2 Å². The number of fused-ring (bicyclic) bond motifs is 1. The van der Waals surface area contributed by atoms with E-state index in [1.807, 2.05) is 0 Å². The number of aryl methyl sites for hydroxylation is 1. The Hall–Kier alpha value is -1.11. The highest BCUT2D eigenvalue weighted by Gasteiger charge is 2.48. The summed E-state index contributed by atoms with van der Waals surface area (Å²) in [4.78, 5) is 9.39. The normalized spacial score (nSPS) is 17.1. The first-order valence-corrected chi connectivity index (χ1v) is 6.46. The summed E-state index contributed by atoms with van der Waals surface area (Å²) in [7, 11) is 0. The molecule has 0 aliphatic carbocycles. The second kappa shape index (κ2) is 5.11. The third kappa shape index (κ3) is 2.75. The lowest BCUT2D eigenvalue weighted by atomic mass is 9.97. The van der Waals surface area contributed by atoms with Gasteiger partial charge in [-0.25, -0.2) is 8.78 Å². The lowest BCUT2D eigenvalue weighted by Gasteiger charge is -2.24. The van der Waals surface area contributed by atoms with Crippen molar-refractivity contribution < 1.29 is 22.4 Å². The van der Waals surface area contributed by atoms with Gasteiger partial charge in [-0.3, -0.25) is 4.79 Å². The van der Waals surface area contributed by atoms with E-state index < -0.39 is 17.2 Å². The minimum absolute atomic E-state index is 0.0696. The Labute approximate surface area is 115 Å². The molecule has 1 aliphatic rings. The van der Waals surface area contributed by atoms with Gasteiger partial charge < -0.3 is 5.32 Å². The van der Waals surface area contributed by atoms with Crippen molar-refractivity contribution in [1.29, 1.82) is 0 Å². The summed E-state index contributed by atoms with van der Waals surface area (Å²) in [6.45, 7) is 0. The molecular weight excluding hydrogens is 330 g/mol. The zero-order valence-electron chi connectivity index (χ0n) is 9.60. The summed E-state index contributed by atoms with van der Waals surface area (Å²) in [5.74, 6) is -4.29. The van der Waals surface area contributed by atoms with Gasteiger partial charge >= 0.3 is 12.3 Å². The zero-order chi connectivity index (χ0) is 14.2. The molecule has 1 N–H and O–H groups in total. The predicted octanol–water partition coefficient (Wildman–Crippen LogP) is 3.91. The van der Waals surface area contributed by atoms with E-state index in [0.29, 0.717) is 17.7 Å². The topological polar surface area (TPSA) is 29.1 Å². The maximum absolute atomic E-state index is 13.3. The van der Waals surface area contributed by atoms with Crippen LogP contribution in [0.1, 0.15) is 22.4 Å². The standard InChI is InChI=1S/C12H10BrF4NO/c13-10(12(16,17)11(14)15)7-1-3-8-6(5-7)2-4-9(19)18-8/h1,3,5,10-11H,2,4H2,(H,18,19). The van der Waals surface area contributed by atoms with E-state index in [0.717, 1.165) is 0 Å². The molecule has 1 atom stereocenters. The molecule has 0 bridgehead atoms. The third-order valence-electron chi connectivity index (χ3n) is 2.95. The van der Waals surface area contributed by atoms with Crippen molar-refractivity contribution in [2.45, 2.75) is 30.0 Å². The van der Waals surface area contributed by atoms with Crippen molar-refractivity contribution in [2.75, 3.05) is 5.32 Å². The van der Waals surface area contributed by atoms with Gasteiger partial charge in [0.15, 0.2) is 0 Å². The number of rotatable bonds is 3. The molecule has 0 fully saturated rings. The van der Waals surface area contributed by atoms with Gasteiger partial charge in [-0.2, -0.15) is 8.78 Å². The Bertz CT molecular complexity index is 507. The number of alkyl halides is 5. The fraction of sp³-hybridized carbons (Fsp3) is 0.417. The highest BCUT2D eigenvalue weighted by molar-refractivity contribution is 9.09. The van der Waals surface area contributed by atoms with Crippen molar-refractivity contribution in [3.05, 3.63) is 29.3 Å². The molecule has 1 unspecified atom stereocenters. The van der Waals surface area contributed by atoms with E-state index in [1.54, 1.807) is 0 Å². The molecule has 1 amide bonds. The Morgan fingerprint density at radius 1 is 1.26 bits per heavy atom. The number of halogens is 5. The van der Waals surface area contributed by atoms with Crippen molar-refractivity contribution in [1.82, 2.24) is 0 Å². The molecule has 1 aromatic carbocycles. The van der Waals surface area contributed by atoms with Gasteiger partial charge in [0.05, 0.1) is 0 Å². The first kappa shape index (κ1) is 14.3. The molecule has 7 heteroatoms. The SMILES string of the molecule is O=C1CCc2cc(C(Br)C(F)(F)C(F)F)ccc2N1. The zero-order valence-corrected chi connectivity index (χ0v) is 11.2. The largest absolute Gasteiger partial charge is 0.326 e. The van der Waals surface area contributed by atoms with E-state index in [9.17, 15) is 22.4 Å². The first-order chi connectivity index (χ1) is 8.82. The van der Waals surface area contributed by atoms with E-state index in [4.69, 9.17) is 0 Å². The van der Waals surface area contributed by atoms with Gasteiger partial charge in [-0.1, -0.05) is 28.1 Å². The molecule has 0 saturated carbocycles. The average molecular weight is 340 g/mol. The minimum atomic E-state index is -4.15. The van der Waals surface area contributed by atoms with E-state index >= 15 is 0 Å². The van der Waals surface area contributed by atoms with Crippen LogP contribution in [-0.4, -0.2) is 18.3 Å². The summed E-state index contributed by atoms with van der Waals surface area (Å²) < 4.78 is 51.1. The number of nitrogens with one attached hydrogen (secondary N) is 1. The highest BCUT2D eigenvalue weighted by Crippen LogP contribution is 2.43. The summed E-state index contributed by atoms with van der Waals surface area (Å²) in [5, 5.41) is 2.60. The van der Waals surface area contributed by atoms with Crippen molar-refractivity contribution >= 4 is 27.5 Å². The minimum Gasteiger partial charge on any atom is -0.326 e. The van der Waals surface area contributed by atoms with Crippen LogP contribution in [0, 0.1) is 0 Å². The van der Waals surface area contributed by atoms with Gasteiger partial charge in [-0.15, -0.1) is 0 Å². The summed E-state index contributed by atoms with van der Waals surface area (Å²) in [6.07, 6.45) is -3.07. The van der Waals surface area contributed by atoms with Gasteiger partial charge in [-0.05, 0) is 23.6 Å². The number of benzene rings is 1. The summed E-state index contributed by atoms with van der Waals surface area (Å²) in [6, 6.07) is 4.18. The summed E-state index contributed by atoms with van der Waals surface area (Å²) in [5.41, 5.74) is 1.28. The van der Waals surface area contributed by atoms with Gasteiger partial charge in [0, 0.05) is 12.1 Å². The molecule has 19 heavy (non-hydrogen) atoms. The number of carbonyl (C=O) groups is 1. The fourth-order valence-electron chi connectivity index (χ4n) is 1.89. The molecule has 0 aromatic heterocycles. The molecule has 104 valence electrons. The van der Waals surface area contributed by atoms with Crippen LogP contribution in [0.5, 0.6) is 0 Å². The molecule has 1 aliphatic heterocycles. The van der Waals surface area contributed by atoms with E-state index in [1.165, 1.54) is 18.2 Å². The van der Waals surface area contributed by atoms with Gasteiger partial charge in [0.1, 0.15) is 4.83 Å². The molecule has 0 saturated heterocycles. The number of carbonyl (C=O) groups excluding carboxylic acids is 1. The van der Waals surface area contributed by atoms with E-state index in [-0.39, 0.29) is 17.9 Å². The monoisotopic (exact) mass is 339 g/mol. The lowest BCUT2D eigenvalue weighted by Crippen LogP contribution is -2.31. The molecule has 0 radical (unpaired) electrons. The first-order valence-electron chi connectivity index (χ1n) is 5.55. The number of anilines is 1.